The number of nitrogens with one attached hydrogen (secondary N) is 1. The second-order valence-electron chi connectivity index (χ2n) is 8.15. The first-order valence-corrected chi connectivity index (χ1v) is 9.43. The zero-order valence-corrected chi connectivity index (χ0v) is 17.3. The molecule has 0 unspecified atom stereocenters. The maximum Gasteiger partial charge on any atom is 0.412 e. The van der Waals surface area contributed by atoms with Gasteiger partial charge in [0.05, 0.1) is 11.3 Å². The fourth-order valence-electron chi connectivity index (χ4n) is 3.53. The van der Waals surface area contributed by atoms with Crippen LogP contribution in [0.4, 0.5) is 10.5 Å². The van der Waals surface area contributed by atoms with E-state index in [0.717, 1.165) is 21.9 Å². The number of anilines is 1. The van der Waals surface area contributed by atoms with Crippen LogP contribution in [0.1, 0.15) is 42.3 Å². The monoisotopic (exact) mass is 391 g/mol. The summed E-state index contributed by atoms with van der Waals surface area (Å²) in [6, 6.07) is 14.8. The first kappa shape index (κ1) is 20.4. The molecule has 150 valence electrons. The molecule has 3 rings (SSSR count). The Balaban J connectivity index is 2.28. The molecule has 0 heterocycles. The van der Waals surface area contributed by atoms with Crippen LogP contribution in [-0.4, -0.2) is 22.8 Å². The molecule has 3 aromatic carbocycles. The maximum atomic E-state index is 12.5. The Labute approximate surface area is 170 Å². The Bertz CT molecular complexity index is 1110. The summed E-state index contributed by atoms with van der Waals surface area (Å²) in [6.45, 7) is 9.22. The average molecular weight is 391 g/mol. The van der Waals surface area contributed by atoms with E-state index in [1.54, 1.807) is 32.9 Å². The molecule has 5 nitrogen and oxygen atoms in total. The summed E-state index contributed by atoms with van der Waals surface area (Å²) >= 11 is 0. The molecule has 0 saturated carbocycles. The lowest BCUT2D eigenvalue weighted by Gasteiger charge is -2.22. The second kappa shape index (κ2) is 7.59. The van der Waals surface area contributed by atoms with Crippen molar-refractivity contribution < 1.29 is 19.4 Å². The van der Waals surface area contributed by atoms with Crippen LogP contribution in [0, 0.1) is 13.8 Å². The number of hydrogen-bond donors (Lipinski definition) is 2. The molecule has 0 aromatic heterocycles. The Kier molecular flexibility index (Phi) is 5.33. The van der Waals surface area contributed by atoms with Gasteiger partial charge in [-0.1, -0.05) is 36.4 Å². The van der Waals surface area contributed by atoms with Crippen LogP contribution in [0.5, 0.6) is 0 Å². The van der Waals surface area contributed by atoms with E-state index in [9.17, 15) is 14.7 Å². The van der Waals surface area contributed by atoms with Crippen LogP contribution in [-0.2, 0) is 4.74 Å². The van der Waals surface area contributed by atoms with Crippen molar-refractivity contribution in [3.63, 3.8) is 0 Å². The zero-order chi connectivity index (χ0) is 21.3. The van der Waals surface area contributed by atoms with E-state index in [1.165, 1.54) is 0 Å². The number of ether oxygens (including phenoxy) is 1. The number of aryl methyl sites for hydroxylation is 2. The predicted molar refractivity (Wildman–Crippen MR) is 116 cm³/mol. The Morgan fingerprint density at radius 2 is 1.66 bits per heavy atom. The van der Waals surface area contributed by atoms with Crippen LogP contribution >= 0.6 is 0 Å². The van der Waals surface area contributed by atoms with Gasteiger partial charge in [-0.3, -0.25) is 5.32 Å². The van der Waals surface area contributed by atoms with E-state index < -0.39 is 17.7 Å². The molecular weight excluding hydrogens is 366 g/mol. The molecule has 0 bridgehead atoms. The van der Waals surface area contributed by atoms with Crippen molar-refractivity contribution in [3.8, 4) is 11.1 Å². The summed E-state index contributed by atoms with van der Waals surface area (Å²) in [7, 11) is 0. The normalized spacial score (nSPS) is 11.3. The van der Waals surface area contributed by atoms with Gasteiger partial charge in [-0.25, -0.2) is 9.59 Å². The van der Waals surface area contributed by atoms with E-state index in [4.69, 9.17) is 4.74 Å². The van der Waals surface area contributed by atoms with Gasteiger partial charge in [-0.15, -0.1) is 0 Å². The minimum Gasteiger partial charge on any atom is -0.478 e. The third-order valence-electron chi connectivity index (χ3n) is 4.52. The minimum absolute atomic E-state index is 0.183. The molecule has 0 saturated heterocycles. The van der Waals surface area contributed by atoms with Crippen LogP contribution in [0.3, 0.4) is 0 Å². The number of carbonyl (C=O) groups is 2. The SMILES string of the molecule is Cc1cc(C)c(-c2c(C(=O)O)ccc3ccccc23)c(NC(=O)OC(C)(C)C)c1. The lowest BCUT2D eigenvalue weighted by Crippen LogP contribution is -2.27. The van der Waals surface area contributed by atoms with Crippen LogP contribution in [0.2, 0.25) is 0 Å². The quantitative estimate of drug-likeness (QED) is 0.560. The highest BCUT2D eigenvalue weighted by Gasteiger charge is 2.22. The molecule has 0 radical (unpaired) electrons. The molecule has 2 N–H and O–H groups in total. The lowest BCUT2D eigenvalue weighted by molar-refractivity contribution is 0.0634. The van der Waals surface area contributed by atoms with Gasteiger partial charge in [0.1, 0.15) is 5.60 Å². The fourth-order valence-corrected chi connectivity index (χ4v) is 3.53. The first-order valence-electron chi connectivity index (χ1n) is 9.43. The number of hydrogen-bond acceptors (Lipinski definition) is 3. The Morgan fingerprint density at radius 3 is 2.31 bits per heavy atom. The number of aromatic carboxylic acids is 1. The van der Waals surface area contributed by atoms with Gasteiger partial charge in [0.15, 0.2) is 0 Å². The van der Waals surface area contributed by atoms with Gasteiger partial charge in [-0.2, -0.15) is 0 Å². The molecule has 0 fully saturated rings. The number of rotatable bonds is 3. The maximum absolute atomic E-state index is 12.5. The van der Waals surface area contributed by atoms with Crippen LogP contribution in [0.25, 0.3) is 21.9 Å². The highest BCUT2D eigenvalue weighted by atomic mass is 16.6. The number of carboxylic acid groups (broad SMARTS) is 1. The third-order valence-corrected chi connectivity index (χ3v) is 4.52. The van der Waals surface area contributed by atoms with Crippen molar-refractivity contribution in [2.24, 2.45) is 0 Å². The number of carbonyl (C=O) groups excluding carboxylic acids is 1. The van der Waals surface area contributed by atoms with Crippen LogP contribution < -0.4 is 5.32 Å². The van der Waals surface area contributed by atoms with Crippen molar-refractivity contribution in [2.45, 2.75) is 40.2 Å². The lowest BCUT2D eigenvalue weighted by atomic mass is 9.89. The first-order chi connectivity index (χ1) is 13.6. The highest BCUT2D eigenvalue weighted by Crippen LogP contribution is 2.39. The summed E-state index contributed by atoms with van der Waals surface area (Å²) in [5.41, 5.74) is 3.15. The molecule has 1 amide bonds. The van der Waals surface area contributed by atoms with Crippen molar-refractivity contribution in [2.75, 3.05) is 5.32 Å². The fraction of sp³-hybridized carbons (Fsp3) is 0.250. The highest BCUT2D eigenvalue weighted by molar-refractivity contribution is 6.11. The van der Waals surface area contributed by atoms with Crippen LogP contribution in [0.15, 0.2) is 48.5 Å². The number of carboxylic acids is 1. The molecule has 29 heavy (non-hydrogen) atoms. The van der Waals surface area contributed by atoms with Gasteiger partial charge >= 0.3 is 12.1 Å². The van der Waals surface area contributed by atoms with Crippen molar-refractivity contribution in [1.82, 2.24) is 0 Å². The zero-order valence-electron chi connectivity index (χ0n) is 17.3. The summed E-state index contributed by atoms with van der Waals surface area (Å²) < 4.78 is 5.41. The van der Waals surface area contributed by atoms with E-state index >= 15 is 0 Å². The molecule has 0 aliphatic carbocycles. The molecule has 3 aromatic rings. The summed E-state index contributed by atoms with van der Waals surface area (Å²) in [5.74, 6) is -1.02. The van der Waals surface area contributed by atoms with E-state index in [2.05, 4.69) is 5.32 Å². The Morgan fingerprint density at radius 1 is 0.966 bits per heavy atom. The third kappa shape index (κ3) is 4.40. The topological polar surface area (TPSA) is 75.6 Å². The summed E-state index contributed by atoms with van der Waals surface area (Å²) in [6.07, 6.45) is -0.583. The summed E-state index contributed by atoms with van der Waals surface area (Å²) in [4.78, 5) is 24.5. The molecule has 0 spiro atoms. The van der Waals surface area contributed by atoms with E-state index in [0.29, 0.717) is 16.8 Å². The van der Waals surface area contributed by atoms with Gasteiger partial charge in [0, 0.05) is 11.1 Å². The molecular formula is C24H25NO4. The standard InChI is InChI=1S/C24H25NO4/c1-14-12-15(2)20(19(13-14)25-23(28)29-24(3,4)5)21-17-9-7-6-8-16(17)10-11-18(21)22(26)27/h6-13H,1-5H3,(H,25,28)(H,26,27). The van der Waals surface area contributed by atoms with Gasteiger partial charge < -0.3 is 9.84 Å². The number of amides is 1. The number of fused-ring (bicyclic) bond motifs is 1. The van der Waals surface area contributed by atoms with E-state index in [-0.39, 0.29) is 5.56 Å². The van der Waals surface area contributed by atoms with E-state index in [1.807, 2.05) is 50.2 Å². The molecule has 0 atom stereocenters. The molecule has 0 aliphatic rings. The minimum atomic E-state index is -1.02. The Hall–Kier alpha value is -3.34. The van der Waals surface area contributed by atoms with Crippen molar-refractivity contribution in [3.05, 3.63) is 65.2 Å². The average Bonchev–Trinajstić information content (AvgIpc) is 2.59. The summed E-state index contributed by atoms with van der Waals surface area (Å²) in [5, 5.41) is 14.4. The largest absolute Gasteiger partial charge is 0.478 e. The van der Waals surface area contributed by atoms with Gasteiger partial charge in [0.25, 0.3) is 0 Å². The van der Waals surface area contributed by atoms with Crippen molar-refractivity contribution >= 4 is 28.5 Å². The second-order valence-corrected chi connectivity index (χ2v) is 8.15. The van der Waals surface area contributed by atoms with Crippen molar-refractivity contribution in [1.29, 1.82) is 0 Å². The molecule has 5 heteroatoms. The number of benzene rings is 3. The predicted octanol–water partition coefficient (Wildman–Crippen LogP) is 6.17. The molecule has 0 aliphatic heterocycles. The van der Waals surface area contributed by atoms with Gasteiger partial charge in [-0.05, 0) is 68.7 Å². The smallest absolute Gasteiger partial charge is 0.412 e. The van der Waals surface area contributed by atoms with Gasteiger partial charge in [0.2, 0.25) is 0 Å².